The molecule has 1 aromatic rings. The zero-order valence-electron chi connectivity index (χ0n) is 12.6. The van der Waals surface area contributed by atoms with E-state index in [4.69, 9.17) is 22.1 Å². The maximum absolute atomic E-state index is 11.8. The topological polar surface area (TPSA) is 64.4 Å². The third-order valence-electron chi connectivity index (χ3n) is 2.76. The number of ether oxygens (including phenoxy) is 1. The van der Waals surface area contributed by atoms with Crippen LogP contribution in [0.1, 0.15) is 27.2 Å². The van der Waals surface area contributed by atoms with Gasteiger partial charge in [-0.3, -0.25) is 4.79 Å². The van der Waals surface area contributed by atoms with E-state index < -0.39 is 6.04 Å². The van der Waals surface area contributed by atoms with Crippen LogP contribution in [0.5, 0.6) is 5.75 Å². The van der Waals surface area contributed by atoms with Crippen molar-refractivity contribution in [3.8, 4) is 5.75 Å². The van der Waals surface area contributed by atoms with Gasteiger partial charge in [0.15, 0.2) is 0 Å². The first-order valence-corrected chi connectivity index (χ1v) is 7.21. The Morgan fingerprint density at radius 3 is 2.62 bits per heavy atom. The molecule has 21 heavy (non-hydrogen) atoms. The highest BCUT2D eigenvalue weighted by Crippen LogP contribution is 2.18. The van der Waals surface area contributed by atoms with Crippen LogP contribution >= 0.6 is 24.0 Å². The monoisotopic (exact) mass is 334 g/mol. The number of hydrogen-bond acceptors (Lipinski definition) is 3. The van der Waals surface area contributed by atoms with E-state index in [0.717, 1.165) is 0 Å². The lowest BCUT2D eigenvalue weighted by molar-refractivity contribution is -0.123. The molecule has 0 saturated heterocycles. The molecule has 0 aliphatic carbocycles. The first-order valence-electron chi connectivity index (χ1n) is 6.84. The Morgan fingerprint density at radius 2 is 2.05 bits per heavy atom. The van der Waals surface area contributed by atoms with Gasteiger partial charge in [0, 0.05) is 5.02 Å². The Bertz CT molecular complexity index is 441. The van der Waals surface area contributed by atoms with Crippen LogP contribution in [0.25, 0.3) is 0 Å². The summed E-state index contributed by atoms with van der Waals surface area (Å²) in [5.41, 5.74) is 5.81. The molecular weight excluding hydrogens is 311 g/mol. The van der Waals surface area contributed by atoms with Gasteiger partial charge < -0.3 is 15.8 Å². The highest BCUT2D eigenvalue weighted by atomic mass is 35.5. The van der Waals surface area contributed by atoms with Gasteiger partial charge in [-0.1, -0.05) is 31.5 Å². The SMILES string of the molecule is CC(C)C[C@H](N)C(=O)NCC(C)Oc1cccc(Cl)c1.Cl. The third-order valence-corrected chi connectivity index (χ3v) is 2.99. The fourth-order valence-corrected chi connectivity index (χ4v) is 1.98. The Morgan fingerprint density at radius 1 is 1.38 bits per heavy atom. The molecule has 3 N–H and O–H groups in total. The molecule has 120 valence electrons. The largest absolute Gasteiger partial charge is 0.489 e. The van der Waals surface area contributed by atoms with E-state index in [2.05, 4.69) is 5.32 Å². The Labute approximate surface area is 137 Å². The maximum atomic E-state index is 11.8. The quantitative estimate of drug-likeness (QED) is 0.805. The van der Waals surface area contributed by atoms with E-state index in [1.165, 1.54) is 0 Å². The smallest absolute Gasteiger partial charge is 0.237 e. The number of benzene rings is 1. The van der Waals surface area contributed by atoms with E-state index >= 15 is 0 Å². The van der Waals surface area contributed by atoms with Gasteiger partial charge in [0.25, 0.3) is 0 Å². The number of halogens is 2. The van der Waals surface area contributed by atoms with Crippen LogP contribution in [0.3, 0.4) is 0 Å². The van der Waals surface area contributed by atoms with E-state index in [1.54, 1.807) is 12.1 Å². The Balaban J connectivity index is 0.00000400. The standard InChI is InChI=1S/C15H23ClN2O2.ClH/c1-10(2)7-14(17)15(19)18-9-11(3)20-13-6-4-5-12(16)8-13;/h4-6,8,10-11,14H,7,9,17H2,1-3H3,(H,18,19);1H/t11?,14-;/m0./s1. The molecule has 4 nitrogen and oxygen atoms in total. The molecule has 1 aromatic carbocycles. The second-order valence-electron chi connectivity index (χ2n) is 5.37. The lowest BCUT2D eigenvalue weighted by Crippen LogP contribution is -2.44. The van der Waals surface area contributed by atoms with Crippen molar-refractivity contribution in [2.75, 3.05) is 6.54 Å². The van der Waals surface area contributed by atoms with Crippen LogP contribution in [0.2, 0.25) is 5.02 Å². The molecule has 1 rings (SSSR count). The summed E-state index contributed by atoms with van der Waals surface area (Å²) >= 11 is 5.88. The van der Waals surface area contributed by atoms with Crippen molar-refractivity contribution in [1.82, 2.24) is 5.32 Å². The van der Waals surface area contributed by atoms with Gasteiger partial charge in [0.2, 0.25) is 5.91 Å². The zero-order valence-corrected chi connectivity index (χ0v) is 14.2. The molecular formula is C15H24Cl2N2O2. The van der Waals surface area contributed by atoms with Crippen molar-refractivity contribution in [3.05, 3.63) is 29.3 Å². The summed E-state index contributed by atoms with van der Waals surface area (Å²) in [6.45, 7) is 6.38. The summed E-state index contributed by atoms with van der Waals surface area (Å²) in [4.78, 5) is 11.8. The molecule has 1 unspecified atom stereocenters. The molecule has 0 aromatic heterocycles. The van der Waals surface area contributed by atoms with Crippen molar-refractivity contribution in [3.63, 3.8) is 0 Å². The second-order valence-corrected chi connectivity index (χ2v) is 5.80. The van der Waals surface area contributed by atoms with Crippen molar-refractivity contribution in [2.45, 2.75) is 39.3 Å². The molecule has 0 spiro atoms. The number of hydrogen-bond donors (Lipinski definition) is 2. The summed E-state index contributed by atoms with van der Waals surface area (Å²) in [6.07, 6.45) is 0.527. The number of carbonyl (C=O) groups is 1. The van der Waals surface area contributed by atoms with E-state index in [0.29, 0.717) is 29.7 Å². The lowest BCUT2D eigenvalue weighted by Gasteiger charge is -2.18. The molecule has 0 bridgehead atoms. The fourth-order valence-electron chi connectivity index (χ4n) is 1.80. The molecule has 0 heterocycles. The molecule has 1 amide bonds. The van der Waals surface area contributed by atoms with Gasteiger partial charge in [0.1, 0.15) is 11.9 Å². The molecule has 0 aliphatic heterocycles. The number of carbonyl (C=O) groups excluding carboxylic acids is 1. The zero-order chi connectivity index (χ0) is 15.1. The normalized spacial score (nSPS) is 13.2. The van der Waals surface area contributed by atoms with Crippen LogP contribution in [0.15, 0.2) is 24.3 Å². The average Bonchev–Trinajstić information content (AvgIpc) is 2.35. The second kappa shape index (κ2) is 9.87. The summed E-state index contributed by atoms with van der Waals surface area (Å²) < 4.78 is 5.67. The minimum Gasteiger partial charge on any atom is -0.489 e. The predicted molar refractivity (Wildman–Crippen MR) is 89.2 cm³/mol. The van der Waals surface area contributed by atoms with E-state index in [-0.39, 0.29) is 24.4 Å². The van der Waals surface area contributed by atoms with E-state index in [9.17, 15) is 4.79 Å². The minimum atomic E-state index is -0.464. The van der Waals surface area contributed by atoms with Crippen molar-refractivity contribution in [1.29, 1.82) is 0 Å². The summed E-state index contributed by atoms with van der Waals surface area (Å²) in [5.74, 6) is 0.946. The van der Waals surface area contributed by atoms with Crippen molar-refractivity contribution >= 4 is 29.9 Å². The molecule has 0 fully saturated rings. The van der Waals surface area contributed by atoms with Crippen LogP contribution in [0, 0.1) is 5.92 Å². The van der Waals surface area contributed by atoms with Gasteiger partial charge >= 0.3 is 0 Å². The van der Waals surface area contributed by atoms with Gasteiger partial charge in [-0.25, -0.2) is 0 Å². The van der Waals surface area contributed by atoms with Crippen LogP contribution in [-0.4, -0.2) is 24.6 Å². The third kappa shape index (κ3) is 8.15. The maximum Gasteiger partial charge on any atom is 0.237 e. The fraction of sp³-hybridized carbons (Fsp3) is 0.533. The summed E-state index contributed by atoms with van der Waals surface area (Å²) in [5, 5.41) is 3.42. The van der Waals surface area contributed by atoms with Crippen LogP contribution in [0.4, 0.5) is 0 Å². The number of rotatable bonds is 7. The first kappa shape index (κ1) is 20.0. The van der Waals surface area contributed by atoms with Gasteiger partial charge in [0.05, 0.1) is 12.6 Å². The van der Waals surface area contributed by atoms with Crippen LogP contribution < -0.4 is 15.8 Å². The van der Waals surface area contributed by atoms with Gasteiger partial charge in [-0.2, -0.15) is 0 Å². The Kier molecular flexibility index (Phi) is 9.42. The van der Waals surface area contributed by atoms with Crippen molar-refractivity contribution in [2.24, 2.45) is 11.7 Å². The highest BCUT2D eigenvalue weighted by Gasteiger charge is 2.15. The number of amides is 1. The lowest BCUT2D eigenvalue weighted by atomic mass is 10.0. The number of nitrogens with one attached hydrogen (secondary N) is 1. The molecule has 0 radical (unpaired) electrons. The summed E-state index contributed by atoms with van der Waals surface area (Å²) in [7, 11) is 0. The molecule has 2 atom stereocenters. The van der Waals surface area contributed by atoms with E-state index in [1.807, 2.05) is 32.9 Å². The highest BCUT2D eigenvalue weighted by molar-refractivity contribution is 6.30. The minimum absolute atomic E-state index is 0. The average molecular weight is 335 g/mol. The summed E-state index contributed by atoms with van der Waals surface area (Å²) in [6, 6.07) is 6.71. The first-order chi connectivity index (χ1) is 9.38. The van der Waals surface area contributed by atoms with Crippen molar-refractivity contribution < 1.29 is 9.53 Å². The molecule has 6 heteroatoms. The Hall–Kier alpha value is -0.970. The number of nitrogens with two attached hydrogens (primary N) is 1. The predicted octanol–water partition coefficient (Wildman–Crippen LogP) is 3.02. The molecule has 0 aliphatic rings. The molecule has 0 saturated carbocycles. The van der Waals surface area contributed by atoms with Gasteiger partial charge in [-0.05, 0) is 37.5 Å². The van der Waals surface area contributed by atoms with Gasteiger partial charge in [-0.15, -0.1) is 12.4 Å². The van der Waals surface area contributed by atoms with Crippen LogP contribution in [-0.2, 0) is 4.79 Å².